The maximum Gasteiger partial charge on any atom is 0.265 e. The molecule has 1 saturated carbocycles. The van der Waals surface area contributed by atoms with E-state index in [4.69, 9.17) is 0 Å². The van der Waals surface area contributed by atoms with Gasteiger partial charge in [0.1, 0.15) is 5.82 Å². The summed E-state index contributed by atoms with van der Waals surface area (Å²) in [6, 6.07) is 17.5. The normalized spacial score (nSPS) is 13.3. The Kier molecular flexibility index (Phi) is 6.21. The van der Waals surface area contributed by atoms with E-state index in [2.05, 4.69) is 15.5 Å². The van der Waals surface area contributed by atoms with Crippen molar-refractivity contribution in [1.29, 1.82) is 0 Å². The lowest BCUT2D eigenvalue weighted by Crippen LogP contribution is -2.34. The maximum absolute atomic E-state index is 13.1. The molecule has 0 saturated heterocycles. The number of benzene rings is 2. The van der Waals surface area contributed by atoms with Crippen molar-refractivity contribution in [2.45, 2.75) is 25.4 Å². The number of rotatable bonds is 8. The Balaban J connectivity index is 1.31. The van der Waals surface area contributed by atoms with Crippen molar-refractivity contribution in [3.63, 3.8) is 0 Å². The highest BCUT2D eigenvalue weighted by molar-refractivity contribution is 7.12. The molecule has 0 radical (unpaired) electrons. The Hall–Kier alpha value is -3.03. The Morgan fingerprint density at radius 2 is 1.63 bits per heavy atom. The molecule has 7 heteroatoms. The molecule has 1 aliphatic carbocycles. The SMILES string of the molecule is O=C(CN(Cc1ccc(F)cc1)C1CC1)Nc1ccc(NC(=O)c2cccs2)cc1. The van der Waals surface area contributed by atoms with Crippen LogP contribution in [-0.4, -0.2) is 29.3 Å². The fraction of sp³-hybridized carbons (Fsp3) is 0.217. The van der Waals surface area contributed by atoms with E-state index in [1.54, 1.807) is 42.5 Å². The van der Waals surface area contributed by atoms with Crippen LogP contribution in [0.3, 0.4) is 0 Å². The number of carbonyl (C=O) groups excluding carboxylic acids is 2. The molecule has 2 N–H and O–H groups in total. The van der Waals surface area contributed by atoms with Crippen LogP contribution in [0, 0.1) is 5.82 Å². The summed E-state index contributed by atoms with van der Waals surface area (Å²) in [6.07, 6.45) is 2.15. The van der Waals surface area contributed by atoms with Crippen LogP contribution in [-0.2, 0) is 11.3 Å². The van der Waals surface area contributed by atoms with Crippen LogP contribution in [0.4, 0.5) is 15.8 Å². The first kappa shape index (κ1) is 20.3. The van der Waals surface area contributed by atoms with Gasteiger partial charge in [-0.2, -0.15) is 0 Å². The zero-order valence-corrected chi connectivity index (χ0v) is 17.1. The van der Waals surface area contributed by atoms with Gasteiger partial charge in [0.25, 0.3) is 5.91 Å². The molecule has 2 amide bonds. The van der Waals surface area contributed by atoms with E-state index in [1.165, 1.54) is 23.5 Å². The van der Waals surface area contributed by atoms with Crippen LogP contribution < -0.4 is 10.6 Å². The fourth-order valence-corrected chi connectivity index (χ4v) is 3.82. The first-order chi connectivity index (χ1) is 14.6. The third kappa shape index (κ3) is 5.52. The van der Waals surface area contributed by atoms with Gasteiger partial charge in [-0.25, -0.2) is 4.39 Å². The maximum atomic E-state index is 13.1. The molecule has 1 fully saturated rings. The molecule has 2 aromatic carbocycles. The monoisotopic (exact) mass is 423 g/mol. The largest absolute Gasteiger partial charge is 0.325 e. The summed E-state index contributed by atoms with van der Waals surface area (Å²) in [5.74, 6) is -0.508. The molecule has 3 aromatic rings. The minimum Gasteiger partial charge on any atom is -0.325 e. The summed E-state index contributed by atoms with van der Waals surface area (Å²) in [7, 11) is 0. The molecular weight excluding hydrogens is 401 g/mol. The molecule has 1 aliphatic rings. The molecule has 154 valence electrons. The van der Waals surface area contributed by atoms with Crippen molar-refractivity contribution in [3.05, 3.63) is 82.3 Å². The number of thiophene rings is 1. The van der Waals surface area contributed by atoms with Crippen LogP contribution in [0.5, 0.6) is 0 Å². The van der Waals surface area contributed by atoms with Gasteiger partial charge in [0, 0.05) is 24.0 Å². The van der Waals surface area contributed by atoms with Crippen molar-refractivity contribution in [2.24, 2.45) is 0 Å². The van der Waals surface area contributed by atoms with Crippen molar-refractivity contribution in [3.8, 4) is 0 Å². The predicted octanol–water partition coefficient (Wildman–Crippen LogP) is 4.74. The van der Waals surface area contributed by atoms with Crippen LogP contribution in [0.15, 0.2) is 66.0 Å². The summed E-state index contributed by atoms with van der Waals surface area (Å²) in [6.45, 7) is 0.894. The van der Waals surface area contributed by atoms with Gasteiger partial charge in [0.15, 0.2) is 0 Å². The molecule has 30 heavy (non-hydrogen) atoms. The molecule has 0 bridgehead atoms. The second-order valence-electron chi connectivity index (χ2n) is 7.32. The van der Waals surface area contributed by atoms with Crippen molar-refractivity contribution < 1.29 is 14.0 Å². The third-order valence-electron chi connectivity index (χ3n) is 4.88. The quantitative estimate of drug-likeness (QED) is 0.550. The number of nitrogens with zero attached hydrogens (tertiary/aromatic N) is 1. The summed E-state index contributed by atoms with van der Waals surface area (Å²) in [5.41, 5.74) is 2.33. The second kappa shape index (κ2) is 9.19. The average Bonchev–Trinajstić information content (AvgIpc) is 3.44. The first-order valence-electron chi connectivity index (χ1n) is 9.80. The van der Waals surface area contributed by atoms with Crippen LogP contribution in [0.1, 0.15) is 28.1 Å². The highest BCUT2D eigenvalue weighted by Crippen LogP contribution is 2.28. The van der Waals surface area contributed by atoms with Gasteiger partial charge >= 0.3 is 0 Å². The van der Waals surface area contributed by atoms with E-state index in [0.717, 1.165) is 18.4 Å². The molecule has 0 unspecified atom stereocenters. The van der Waals surface area contributed by atoms with Gasteiger partial charge in [0.2, 0.25) is 5.91 Å². The fourth-order valence-electron chi connectivity index (χ4n) is 3.20. The molecule has 0 aliphatic heterocycles. The number of carbonyl (C=O) groups is 2. The molecule has 0 atom stereocenters. The minimum atomic E-state index is -0.260. The van der Waals surface area contributed by atoms with Crippen LogP contribution in [0.2, 0.25) is 0 Å². The Labute approximate surface area is 178 Å². The Bertz CT molecular complexity index is 1000. The van der Waals surface area contributed by atoms with E-state index >= 15 is 0 Å². The number of hydrogen-bond acceptors (Lipinski definition) is 4. The van der Waals surface area contributed by atoms with Crippen LogP contribution in [0.25, 0.3) is 0 Å². The number of halogens is 1. The van der Waals surface area contributed by atoms with Crippen molar-refractivity contribution in [2.75, 3.05) is 17.2 Å². The molecule has 4 rings (SSSR count). The summed E-state index contributed by atoms with van der Waals surface area (Å²) in [5, 5.41) is 7.60. The summed E-state index contributed by atoms with van der Waals surface area (Å²) >= 11 is 1.38. The summed E-state index contributed by atoms with van der Waals surface area (Å²) < 4.78 is 13.1. The molecule has 1 heterocycles. The van der Waals surface area contributed by atoms with E-state index in [0.29, 0.717) is 28.8 Å². The standard InChI is InChI=1S/C23H22FN3O2S/c24-17-5-3-16(4-6-17)14-27(20-11-12-20)15-22(28)25-18-7-9-19(10-8-18)26-23(29)21-2-1-13-30-21/h1-10,13,20H,11-12,14-15H2,(H,25,28)(H,26,29). The van der Waals surface area contributed by atoms with Gasteiger partial charge in [0.05, 0.1) is 11.4 Å². The number of anilines is 2. The topological polar surface area (TPSA) is 61.4 Å². The molecule has 0 spiro atoms. The van der Waals surface area contributed by atoms with Gasteiger partial charge in [-0.05, 0) is 66.2 Å². The average molecular weight is 424 g/mol. The number of nitrogens with one attached hydrogen (secondary N) is 2. The Morgan fingerprint density at radius 3 is 2.23 bits per heavy atom. The zero-order chi connectivity index (χ0) is 20.9. The van der Waals surface area contributed by atoms with Gasteiger partial charge in [-0.15, -0.1) is 11.3 Å². The minimum absolute atomic E-state index is 0.0978. The van der Waals surface area contributed by atoms with E-state index in [-0.39, 0.29) is 24.2 Å². The lowest BCUT2D eigenvalue weighted by Gasteiger charge is -2.21. The molecule has 1 aromatic heterocycles. The van der Waals surface area contributed by atoms with E-state index < -0.39 is 0 Å². The van der Waals surface area contributed by atoms with E-state index in [1.807, 2.05) is 11.4 Å². The second-order valence-corrected chi connectivity index (χ2v) is 8.27. The van der Waals surface area contributed by atoms with Crippen molar-refractivity contribution >= 4 is 34.5 Å². The molecular formula is C23H22FN3O2S. The van der Waals surface area contributed by atoms with Gasteiger partial charge < -0.3 is 10.6 Å². The smallest absolute Gasteiger partial charge is 0.265 e. The lowest BCUT2D eigenvalue weighted by molar-refractivity contribution is -0.117. The van der Waals surface area contributed by atoms with Gasteiger partial charge in [-0.1, -0.05) is 18.2 Å². The zero-order valence-electron chi connectivity index (χ0n) is 16.3. The lowest BCUT2D eigenvalue weighted by atomic mass is 10.2. The highest BCUT2D eigenvalue weighted by atomic mass is 32.1. The number of hydrogen-bond donors (Lipinski definition) is 2. The molecule has 5 nitrogen and oxygen atoms in total. The third-order valence-corrected chi connectivity index (χ3v) is 5.75. The summed E-state index contributed by atoms with van der Waals surface area (Å²) in [4.78, 5) is 27.4. The van der Waals surface area contributed by atoms with E-state index in [9.17, 15) is 14.0 Å². The first-order valence-corrected chi connectivity index (χ1v) is 10.7. The predicted molar refractivity (Wildman–Crippen MR) is 117 cm³/mol. The Morgan fingerprint density at radius 1 is 0.967 bits per heavy atom. The highest BCUT2D eigenvalue weighted by Gasteiger charge is 2.30. The van der Waals surface area contributed by atoms with Gasteiger partial charge in [-0.3, -0.25) is 14.5 Å². The van der Waals surface area contributed by atoms with Crippen LogP contribution >= 0.6 is 11.3 Å². The van der Waals surface area contributed by atoms with Crippen molar-refractivity contribution in [1.82, 2.24) is 4.90 Å². The number of amides is 2.